The summed E-state index contributed by atoms with van der Waals surface area (Å²) in [6, 6.07) is 14.0. The molecule has 1 aliphatic heterocycles. The highest BCUT2D eigenvalue weighted by Crippen LogP contribution is 2.27. The van der Waals surface area contributed by atoms with Crippen LogP contribution in [0.25, 0.3) is 0 Å². The minimum absolute atomic E-state index is 0.239. The molecular formula is C23H21N3O5. The van der Waals surface area contributed by atoms with Crippen LogP contribution < -0.4 is 5.32 Å². The Morgan fingerprint density at radius 2 is 1.61 bits per heavy atom. The minimum atomic E-state index is -1.15. The van der Waals surface area contributed by atoms with Crippen LogP contribution >= 0.6 is 0 Å². The molecule has 8 heteroatoms. The van der Waals surface area contributed by atoms with Crippen LogP contribution in [0.15, 0.2) is 48.5 Å². The van der Waals surface area contributed by atoms with Gasteiger partial charge in [0.05, 0.1) is 23.6 Å². The summed E-state index contributed by atoms with van der Waals surface area (Å²) in [4.78, 5) is 51.2. The Morgan fingerprint density at radius 3 is 2.13 bits per heavy atom. The molecule has 0 saturated carbocycles. The van der Waals surface area contributed by atoms with Crippen molar-refractivity contribution in [2.75, 3.05) is 11.9 Å². The van der Waals surface area contributed by atoms with E-state index < -0.39 is 42.3 Å². The third-order valence-electron chi connectivity index (χ3n) is 4.84. The first-order valence-corrected chi connectivity index (χ1v) is 9.72. The Balaban J connectivity index is 1.64. The van der Waals surface area contributed by atoms with Crippen LogP contribution in [0, 0.1) is 17.2 Å². The molecule has 0 spiro atoms. The first kappa shape index (κ1) is 21.7. The minimum Gasteiger partial charge on any atom is -0.454 e. The molecule has 0 radical (unpaired) electrons. The zero-order chi connectivity index (χ0) is 22.5. The van der Waals surface area contributed by atoms with Gasteiger partial charge >= 0.3 is 5.97 Å². The molecule has 0 unspecified atom stereocenters. The van der Waals surface area contributed by atoms with E-state index >= 15 is 0 Å². The molecule has 3 amide bonds. The summed E-state index contributed by atoms with van der Waals surface area (Å²) < 4.78 is 5.13. The summed E-state index contributed by atoms with van der Waals surface area (Å²) in [6.07, 6.45) is 0.264. The van der Waals surface area contributed by atoms with Crippen molar-refractivity contribution in [2.45, 2.75) is 26.3 Å². The highest BCUT2D eigenvalue weighted by atomic mass is 16.5. The fourth-order valence-electron chi connectivity index (χ4n) is 3.35. The van der Waals surface area contributed by atoms with Crippen molar-refractivity contribution in [2.24, 2.45) is 5.92 Å². The molecule has 1 aliphatic rings. The number of benzene rings is 2. The summed E-state index contributed by atoms with van der Waals surface area (Å²) in [6.45, 7) is 2.82. The molecule has 1 atom stereocenters. The Kier molecular flexibility index (Phi) is 6.46. The lowest BCUT2D eigenvalue weighted by Crippen LogP contribution is -2.49. The monoisotopic (exact) mass is 419 g/mol. The van der Waals surface area contributed by atoms with E-state index in [-0.39, 0.29) is 17.5 Å². The van der Waals surface area contributed by atoms with Crippen molar-refractivity contribution in [3.63, 3.8) is 0 Å². The van der Waals surface area contributed by atoms with Crippen molar-refractivity contribution in [3.8, 4) is 6.07 Å². The van der Waals surface area contributed by atoms with Gasteiger partial charge < -0.3 is 10.1 Å². The van der Waals surface area contributed by atoms with Gasteiger partial charge in [0, 0.05) is 5.69 Å². The largest absolute Gasteiger partial charge is 0.454 e. The fraction of sp³-hybridized carbons (Fsp3) is 0.261. The lowest BCUT2D eigenvalue weighted by atomic mass is 10.0. The highest BCUT2D eigenvalue weighted by Gasteiger charge is 2.44. The number of ether oxygens (including phenoxy) is 1. The van der Waals surface area contributed by atoms with E-state index in [1.54, 1.807) is 50.2 Å². The number of fused-ring (bicyclic) bond motifs is 1. The second kappa shape index (κ2) is 9.22. The molecule has 31 heavy (non-hydrogen) atoms. The molecule has 3 rings (SSSR count). The van der Waals surface area contributed by atoms with Crippen LogP contribution in [0.4, 0.5) is 5.69 Å². The topological polar surface area (TPSA) is 117 Å². The number of rotatable bonds is 7. The Hall–Kier alpha value is -3.99. The van der Waals surface area contributed by atoms with Gasteiger partial charge in [-0.15, -0.1) is 0 Å². The number of anilines is 1. The van der Waals surface area contributed by atoms with Gasteiger partial charge in [-0.05, 0) is 35.7 Å². The Bertz CT molecular complexity index is 1030. The molecule has 2 aromatic carbocycles. The fourth-order valence-corrected chi connectivity index (χ4v) is 3.35. The van der Waals surface area contributed by atoms with Gasteiger partial charge in [0.25, 0.3) is 17.7 Å². The second-order valence-corrected chi connectivity index (χ2v) is 7.40. The van der Waals surface area contributed by atoms with Crippen LogP contribution in [0.5, 0.6) is 0 Å². The number of nitrogens with one attached hydrogen (secondary N) is 1. The molecule has 1 N–H and O–H groups in total. The average molecular weight is 419 g/mol. The number of esters is 1. The Labute approximate surface area is 179 Å². The van der Waals surface area contributed by atoms with Gasteiger partial charge in [-0.3, -0.25) is 19.3 Å². The molecule has 0 aliphatic carbocycles. The number of carbonyl (C=O) groups excluding carboxylic acids is 4. The molecule has 0 saturated heterocycles. The van der Waals surface area contributed by atoms with E-state index in [1.807, 2.05) is 6.07 Å². The SMILES string of the molecule is CC(C)[C@H](C(=O)OCC(=O)Nc1ccc(CC#N)cc1)N1C(=O)c2ccccc2C1=O. The van der Waals surface area contributed by atoms with Crippen molar-refractivity contribution in [1.29, 1.82) is 5.26 Å². The van der Waals surface area contributed by atoms with Crippen molar-refractivity contribution < 1.29 is 23.9 Å². The van der Waals surface area contributed by atoms with Crippen LogP contribution in [0.2, 0.25) is 0 Å². The smallest absolute Gasteiger partial charge is 0.330 e. The van der Waals surface area contributed by atoms with Crippen LogP contribution in [-0.4, -0.2) is 41.2 Å². The average Bonchev–Trinajstić information content (AvgIpc) is 2.99. The first-order valence-electron chi connectivity index (χ1n) is 9.72. The van der Waals surface area contributed by atoms with Crippen LogP contribution in [0.3, 0.4) is 0 Å². The van der Waals surface area contributed by atoms with E-state index in [0.717, 1.165) is 10.5 Å². The number of nitrogens with zero attached hydrogens (tertiary/aromatic N) is 2. The molecular weight excluding hydrogens is 398 g/mol. The standard InChI is InChI=1S/C23H21N3O5/c1-14(2)20(26-21(28)17-5-3-4-6-18(17)22(26)29)23(30)31-13-19(27)25-16-9-7-15(8-10-16)11-12-24/h3-10,14,20H,11,13H2,1-2H3,(H,25,27)/t20-/m1/s1. The Morgan fingerprint density at radius 1 is 1.03 bits per heavy atom. The van der Waals surface area contributed by atoms with Gasteiger partial charge in [0.2, 0.25) is 0 Å². The predicted molar refractivity (Wildman–Crippen MR) is 111 cm³/mol. The third-order valence-corrected chi connectivity index (χ3v) is 4.84. The molecule has 8 nitrogen and oxygen atoms in total. The number of hydrogen-bond acceptors (Lipinski definition) is 6. The lowest BCUT2D eigenvalue weighted by Gasteiger charge is -2.27. The number of hydrogen-bond donors (Lipinski definition) is 1. The predicted octanol–water partition coefficient (Wildman–Crippen LogP) is 2.56. The molecule has 158 valence electrons. The quantitative estimate of drug-likeness (QED) is 0.545. The molecule has 0 aromatic heterocycles. The zero-order valence-electron chi connectivity index (χ0n) is 17.1. The van der Waals surface area contributed by atoms with E-state index in [2.05, 4.69) is 5.32 Å². The molecule has 2 aromatic rings. The third kappa shape index (κ3) is 4.61. The summed E-state index contributed by atoms with van der Waals surface area (Å²) in [7, 11) is 0. The van der Waals surface area contributed by atoms with Gasteiger partial charge in [-0.25, -0.2) is 4.79 Å². The molecule has 0 fully saturated rings. The van der Waals surface area contributed by atoms with Gasteiger partial charge in [0.15, 0.2) is 6.61 Å². The van der Waals surface area contributed by atoms with E-state index in [0.29, 0.717) is 5.69 Å². The highest BCUT2D eigenvalue weighted by molar-refractivity contribution is 6.22. The summed E-state index contributed by atoms with van der Waals surface area (Å²) in [5, 5.41) is 11.3. The molecule has 0 bridgehead atoms. The van der Waals surface area contributed by atoms with E-state index in [9.17, 15) is 19.2 Å². The summed E-state index contributed by atoms with van der Waals surface area (Å²) >= 11 is 0. The zero-order valence-corrected chi connectivity index (χ0v) is 17.1. The summed E-state index contributed by atoms with van der Waals surface area (Å²) in [5.41, 5.74) is 1.78. The van der Waals surface area contributed by atoms with E-state index in [4.69, 9.17) is 10.00 Å². The maximum absolute atomic E-state index is 12.7. The normalized spacial score (nSPS) is 13.5. The van der Waals surface area contributed by atoms with Crippen LogP contribution in [0.1, 0.15) is 40.1 Å². The second-order valence-electron chi connectivity index (χ2n) is 7.40. The van der Waals surface area contributed by atoms with Crippen molar-refractivity contribution in [3.05, 3.63) is 65.2 Å². The van der Waals surface area contributed by atoms with E-state index in [1.165, 1.54) is 12.1 Å². The first-order chi connectivity index (χ1) is 14.8. The maximum Gasteiger partial charge on any atom is 0.330 e. The number of amides is 3. The van der Waals surface area contributed by atoms with Crippen LogP contribution in [-0.2, 0) is 20.7 Å². The molecule has 1 heterocycles. The number of carbonyl (C=O) groups is 4. The van der Waals surface area contributed by atoms with Gasteiger partial charge in [-0.2, -0.15) is 5.26 Å². The number of imide groups is 1. The summed E-state index contributed by atoms with van der Waals surface area (Å²) in [5.74, 6) is -2.92. The number of nitriles is 1. The van der Waals surface area contributed by atoms with Crippen molar-refractivity contribution >= 4 is 29.4 Å². The van der Waals surface area contributed by atoms with Gasteiger partial charge in [-0.1, -0.05) is 38.1 Å². The maximum atomic E-state index is 12.7. The van der Waals surface area contributed by atoms with Crippen molar-refractivity contribution in [1.82, 2.24) is 4.90 Å². The lowest BCUT2D eigenvalue weighted by molar-refractivity contribution is -0.152. The van der Waals surface area contributed by atoms with Gasteiger partial charge in [0.1, 0.15) is 6.04 Å².